The van der Waals surface area contributed by atoms with Gasteiger partial charge in [0, 0.05) is 0 Å². The van der Waals surface area contributed by atoms with Gasteiger partial charge in [0.2, 0.25) is 0 Å². The van der Waals surface area contributed by atoms with Crippen molar-refractivity contribution in [1.29, 1.82) is 0 Å². The molecule has 0 saturated carbocycles. The van der Waals surface area contributed by atoms with Crippen LogP contribution in [0.2, 0.25) is 0 Å². The standard InChI is InChI=1S/C10H16/c1-5-7-10(6-2)8-9(3)4/h5-7,9H,1-2,8H2,3-4H3. The Morgan fingerprint density at radius 2 is 2.00 bits per heavy atom. The highest BCUT2D eigenvalue weighted by atomic mass is 14.0. The van der Waals surface area contributed by atoms with Gasteiger partial charge < -0.3 is 0 Å². The van der Waals surface area contributed by atoms with Crippen LogP contribution in [0.5, 0.6) is 0 Å². The van der Waals surface area contributed by atoms with E-state index in [0.29, 0.717) is 5.92 Å². The summed E-state index contributed by atoms with van der Waals surface area (Å²) in [6, 6.07) is 0. The average Bonchev–Trinajstić information content (AvgIpc) is 1.86. The molecule has 0 spiro atoms. The van der Waals surface area contributed by atoms with Gasteiger partial charge in [0.15, 0.2) is 0 Å². The summed E-state index contributed by atoms with van der Waals surface area (Å²) < 4.78 is 0. The minimum atomic E-state index is 0.698. The molecular formula is C10H16. The first kappa shape index (κ1) is 9.22. The summed E-state index contributed by atoms with van der Waals surface area (Å²) in [5, 5.41) is 0. The molecule has 0 aliphatic rings. The zero-order valence-corrected chi connectivity index (χ0v) is 6.93. The summed E-state index contributed by atoms with van der Waals surface area (Å²) in [6.07, 6.45) is 6.80. The smallest absolute Gasteiger partial charge is 0.0256 e. The first-order chi connectivity index (χ1) is 4.70. The molecule has 0 fully saturated rings. The number of hydrogen-bond donors (Lipinski definition) is 0. The lowest BCUT2D eigenvalue weighted by molar-refractivity contribution is 0.650. The van der Waals surface area contributed by atoms with Crippen molar-refractivity contribution in [2.75, 3.05) is 0 Å². The fourth-order valence-electron chi connectivity index (χ4n) is 0.842. The zero-order valence-electron chi connectivity index (χ0n) is 6.93. The summed E-state index contributed by atoms with van der Waals surface area (Å²) in [4.78, 5) is 0. The van der Waals surface area contributed by atoms with Crippen LogP contribution in [-0.2, 0) is 0 Å². The second-order valence-electron chi connectivity index (χ2n) is 2.78. The molecule has 0 aromatic heterocycles. The third-order valence-electron chi connectivity index (χ3n) is 1.24. The largest absolute Gasteiger partial charge is 0.0991 e. The van der Waals surface area contributed by atoms with E-state index in [2.05, 4.69) is 27.0 Å². The Morgan fingerprint density at radius 1 is 1.40 bits per heavy atom. The molecule has 0 saturated heterocycles. The van der Waals surface area contributed by atoms with E-state index in [4.69, 9.17) is 0 Å². The molecule has 0 heteroatoms. The van der Waals surface area contributed by atoms with E-state index in [1.807, 2.05) is 12.2 Å². The lowest BCUT2D eigenvalue weighted by Crippen LogP contribution is -1.87. The lowest BCUT2D eigenvalue weighted by Gasteiger charge is -2.03. The van der Waals surface area contributed by atoms with Gasteiger partial charge in [0.25, 0.3) is 0 Å². The van der Waals surface area contributed by atoms with Crippen molar-refractivity contribution >= 4 is 0 Å². The Morgan fingerprint density at radius 3 is 2.30 bits per heavy atom. The van der Waals surface area contributed by atoms with Crippen LogP contribution in [0.3, 0.4) is 0 Å². The van der Waals surface area contributed by atoms with Crippen LogP contribution < -0.4 is 0 Å². The third-order valence-corrected chi connectivity index (χ3v) is 1.24. The minimum absolute atomic E-state index is 0.698. The molecule has 10 heavy (non-hydrogen) atoms. The molecule has 56 valence electrons. The highest BCUT2D eigenvalue weighted by Gasteiger charge is 1.94. The van der Waals surface area contributed by atoms with Crippen molar-refractivity contribution in [2.24, 2.45) is 5.92 Å². The van der Waals surface area contributed by atoms with Gasteiger partial charge >= 0.3 is 0 Å². The molecule has 0 nitrogen and oxygen atoms in total. The summed E-state index contributed by atoms with van der Waals surface area (Å²) in [5.74, 6) is 0.698. The SMILES string of the molecule is C=CC=C(C=C)CC(C)C. The predicted molar refractivity (Wildman–Crippen MR) is 47.9 cm³/mol. The van der Waals surface area contributed by atoms with Gasteiger partial charge in [-0.1, -0.05) is 45.2 Å². The van der Waals surface area contributed by atoms with E-state index in [1.165, 1.54) is 5.57 Å². The molecule has 0 atom stereocenters. The minimum Gasteiger partial charge on any atom is -0.0991 e. The highest BCUT2D eigenvalue weighted by molar-refractivity contribution is 5.20. The van der Waals surface area contributed by atoms with Crippen LogP contribution in [0, 0.1) is 5.92 Å². The number of allylic oxidation sites excluding steroid dienone is 4. The normalized spacial score (nSPS) is 11.7. The molecule has 0 bridgehead atoms. The molecule has 0 aliphatic carbocycles. The monoisotopic (exact) mass is 136 g/mol. The quantitative estimate of drug-likeness (QED) is 0.520. The van der Waals surface area contributed by atoms with Crippen LogP contribution in [0.25, 0.3) is 0 Å². The first-order valence-corrected chi connectivity index (χ1v) is 3.64. The van der Waals surface area contributed by atoms with Gasteiger partial charge in [0.05, 0.1) is 0 Å². The topological polar surface area (TPSA) is 0 Å². The number of hydrogen-bond acceptors (Lipinski definition) is 0. The molecule has 0 heterocycles. The zero-order chi connectivity index (χ0) is 7.98. The molecule has 0 unspecified atom stereocenters. The van der Waals surface area contributed by atoms with E-state index in [1.54, 1.807) is 6.08 Å². The average molecular weight is 136 g/mol. The second-order valence-corrected chi connectivity index (χ2v) is 2.78. The van der Waals surface area contributed by atoms with Crippen molar-refractivity contribution in [3.05, 3.63) is 37.0 Å². The van der Waals surface area contributed by atoms with E-state index < -0.39 is 0 Å². The summed E-state index contributed by atoms with van der Waals surface area (Å²) >= 11 is 0. The van der Waals surface area contributed by atoms with Crippen molar-refractivity contribution in [3.8, 4) is 0 Å². The fourth-order valence-corrected chi connectivity index (χ4v) is 0.842. The molecule has 0 aromatic carbocycles. The molecule has 0 aromatic rings. The molecule has 0 aliphatic heterocycles. The van der Waals surface area contributed by atoms with Crippen LogP contribution >= 0.6 is 0 Å². The van der Waals surface area contributed by atoms with E-state index in [9.17, 15) is 0 Å². The maximum atomic E-state index is 3.72. The maximum absolute atomic E-state index is 3.72. The van der Waals surface area contributed by atoms with Crippen LogP contribution in [-0.4, -0.2) is 0 Å². The van der Waals surface area contributed by atoms with Gasteiger partial charge in [-0.2, -0.15) is 0 Å². The Bertz CT molecular complexity index is 138. The van der Waals surface area contributed by atoms with E-state index >= 15 is 0 Å². The van der Waals surface area contributed by atoms with Gasteiger partial charge in [-0.3, -0.25) is 0 Å². The summed E-state index contributed by atoms with van der Waals surface area (Å²) in [7, 11) is 0. The Hall–Kier alpha value is -0.780. The Balaban J connectivity index is 3.95. The van der Waals surface area contributed by atoms with Gasteiger partial charge in [0.1, 0.15) is 0 Å². The Kier molecular flexibility index (Phi) is 4.65. The molecular weight excluding hydrogens is 120 g/mol. The molecule has 0 N–H and O–H groups in total. The van der Waals surface area contributed by atoms with E-state index in [-0.39, 0.29) is 0 Å². The molecule has 0 rings (SSSR count). The lowest BCUT2D eigenvalue weighted by atomic mass is 10.0. The van der Waals surface area contributed by atoms with Crippen molar-refractivity contribution in [2.45, 2.75) is 20.3 Å². The summed E-state index contributed by atoms with van der Waals surface area (Å²) in [5.41, 5.74) is 1.27. The van der Waals surface area contributed by atoms with Crippen molar-refractivity contribution < 1.29 is 0 Å². The predicted octanol–water partition coefficient (Wildman–Crippen LogP) is 3.33. The van der Waals surface area contributed by atoms with Gasteiger partial charge in [-0.25, -0.2) is 0 Å². The fraction of sp³-hybridized carbons (Fsp3) is 0.400. The number of rotatable bonds is 4. The molecule has 0 radical (unpaired) electrons. The van der Waals surface area contributed by atoms with Crippen molar-refractivity contribution in [3.63, 3.8) is 0 Å². The Labute approximate surface area is 64.0 Å². The second kappa shape index (κ2) is 5.04. The van der Waals surface area contributed by atoms with Crippen molar-refractivity contribution in [1.82, 2.24) is 0 Å². The third kappa shape index (κ3) is 4.13. The molecule has 0 amide bonds. The first-order valence-electron chi connectivity index (χ1n) is 3.64. The van der Waals surface area contributed by atoms with Crippen LogP contribution in [0.4, 0.5) is 0 Å². The highest BCUT2D eigenvalue weighted by Crippen LogP contribution is 2.10. The van der Waals surface area contributed by atoms with Crippen LogP contribution in [0.15, 0.2) is 37.0 Å². The summed E-state index contributed by atoms with van der Waals surface area (Å²) in [6.45, 7) is 11.7. The van der Waals surface area contributed by atoms with Gasteiger partial charge in [-0.05, 0) is 17.9 Å². The van der Waals surface area contributed by atoms with E-state index in [0.717, 1.165) is 6.42 Å². The van der Waals surface area contributed by atoms with Crippen LogP contribution in [0.1, 0.15) is 20.3 Å². The maximum Gasteiger partial charge on any atom is -0.0256 e. The van der Waals surface area contributed by atoms with Gasteiger partial charge in [-0.15, -0.1) is 0 Å².